The number of carboxylic acid groups (broad SMARTS) is 1. The van der Waals surface area contributed by atoms with E-state index in [0.29, 0.717) is 25.4 Å². The summed E-state index contributed by atoms with van der Waals surface area (Å²) in [6, 6.07) is 0. The summed E-state index contributed by atoms with van der Waals surface area (Å²) in [5, 5.41) is 18.7. The van der Waals surface area contributed by atoms with E-state index in [4.69, 9.17) is 5.11 Å². The number of aliphatic carboxylic acids is 1. The molecule has 0 bridgehead atoms. The molecule has 1 saturated heterocycles. The minimum Gasteiger partial charge on any atom is -0.479 e. The first kappa shape index (κ1) is 13.1. The molecule has 1 heterocycles. The Hall–Kier alpha value is -1.36. The number of amides is 1. The third-order valence-corrected chi connectivity index (χ3v) is 3.89. The maximum absolute atomic E-state index is 12.0. The Balaban J connectivity index is 1.83. The Labute approximate surface area is 106 Å². The van der Waals surface area contributed by atoms with Crippen molar-refractivity contribution in [1.82, 2.24) is 4.90 Å². The van der Waals surface area contributed by atoms with Crippen LogP contribution in [0.3, 0.4) is 0 Å². The Morgan fingerprint density at radius 2 is 2.00 bits per heavy atom. The van der Waals surface area contributed by atoms with Gasteiger partial charge in [0.25, 0.3) is 0 Å². The molecular formula is C13H19NO4. The van der Waals surface area contributed by atoms with Crippen LogP contribution in [0.4, 0.5) is 0 Å². The first-order valence-corrected chi connectivity index (χ1v) is 6.41. The molecule has 100 valence electrons. The molecule has 1 aliphatic carbocycles. The van der Waals surface area contributed by atoms with Crippen molar-refractivity contribution in [2.75, 3.05) is 13.1 Å². The van der Waals surface area contributed by atoms with Crippen molar-refractivity contribution in [2.24, 2.45) is 5.92 Å². The quantitative estimate of drug-likeness (QED) is 0.729. The van der Waals surface area contributed by atoms with E-state index < -0.39 is 11.6 Å². The second-order valence-electron chi connectivity index (χ2n) is 5.19. The lowest BCUT2D eigenvalue weighted by molar-refractivity contribution is -0.165. The number of hydrogen-bond acceptors (Lipinski definition) is 3. The summed E-state index contributed by atoms with van der Waals surface area (Å²) in [7, 11) is 0. The molecule has 1 aliphatic heterocycles. The highest BCUT2D eigenvalue weighted by molar-refractivity contribution is 5.79. The van der Waals surface area contributed by atoms with Crippen LogP contribution < -0.4 is 0 Å². The molecule has 18 heavy (non-hydrogen) atoms. The minimum absolute atomic E-state index is 0.0685. The van der Waals surface area contributed by atoms with E-state index in [1.54, 1.807) is 4.90 Å². The molecule has 0 saturated carbocycles. The van der Waals surface area contributed by atoms with Gasteiger partial charge >= 0.3 is 5.97 Å². The Morgan fingerprint density at radius 1 is 1.33 bits per heavy atom. The van der Waals surface area contributed by atoms with Crippen LogP contribution in [0.2, 0.25) is 0 Å². The Bertz CT molecular complexity index is 369. The lowest BCUT2D eigenvalue weighted by Gasteiger charge is -2.35. The average Bonchev–Trinajstić information content (AvgIpc) is 2.82. The van der Waals surface area contributed by atoms with Crippen LogP contribution in [0.25, 0.3) is 0 Å². The molecule has 2 aliphatic rings. The molecule has 5 nitrogen and oxygen atoms in total. The summed E-state index contributed by atoms with van der Waals surface area (Å²) < 4.78 is 0. The van der Waals surface area contributed by atoms with Gasteiger partial charge in [0.1, 0.15) is 0 Å². The van der Waals surface area contributed by atoms with Crippen LogP contribution in [0.15, 0.2) is 12.2 Å². The maximum Gasteiger partial charge on any atom is 0.335 e. The molecule has 5 heteroatoms. The summed E-state index contributed by atoms with van der Waals surface area (Å²) >= 11 is 0. The van der Waals surface area contributed by atoms with Gasteiger partial charge in [-0.25, -0.2) is 4.79 Å². The van der Waals surface area contributed by atoms with E-state index in [1.165, 1.54) is 0 Å². The zero-order chi connectivity index (χ0) is 13.2. The van der Waals surface area contributed by atoms with Crippen molar-refractivity contribution in [3.8, 4) is 0 Å². The van der Waals surface area contributed by atoms with Gasteiger partial charge in [0.05, 0.1) is 0 Å². The van der Waals surface area contributed by atoms with Crippen molar-refractivity contribution >= 4 is 11.9 Å². The van der Waals surface area contributed by atoms with E-state index >= 15 is 0 Å². The predicted molar refractivity (Wildman–Crippen MR) is 64.9 cm³/mol. The average molecular weight is 253 g/mol. The first-order valence-electron chi connectivity index (χ1n) is 6.41. The van der Waals surface area contributed by atoms with Gasteiger partial charge in [-0.3, -0.25) is 4.79 Å². The Kier molecular flexibility index (Phi) is 3.71. The van der Waals surface area contributed by atoms with Crippen molar-refractivity contribution < 1.29 is 19.8 Å². The number of carboxylic acids is 1. The SMILES string of the molecule is O=C(CC1C=CCC1)N1CCC(O)(C(=O)O)CC1. The summed E-state index contributed by atoms with van der Waals surface area (Å²) in [5.74, 6) is -0.787. The number of carbonyl (C=O) groups is 2. The second-order valence-corrected chi connectivity index (χ2v) is 5.19. The molecule has 1 unspecified atom stereocenters. The maximum atomic E-state index is 12.0. The molecule has 1 amide bonds. The van der Waals surface area contributed by atoms with Crippen LogP contribution in [0, 0.1) is 5.92 Å². The molecule has 0 aromatic rings. The number of piperidine rings is 1. The van der Waals surface area contributed by atoms with Crippen LogP contribution >= 0.6 is 0 Å². The normalized spacial score (nSPS) is 26.3. The number of allylic oxidation sites excluding steroid dienone is 2. The molecule has 0 aromatic heterocycles. The molecule has 0 aromatic carbocycles. The van der Waals surface area contributed by atoms with Gasteiger partial charge in [0.15, 0.2) is 5.60 Å². The fourth-order valence-electron chi connectivity index (χ4n) is 2.56. The van der Waals surface area contributed by atoms with Crippen molar-refractivity contribution in [1.29, 1.82) is 0 Å². The molecule has 0 radical (unpaired) electrons. The summed E-state index contributed by atoms with van der Waals surface area (Å²) in [5.41, 5.74) is -1.65. The fourth-order valence-corrected chi connectivity index (χ4v) is 2.56. The first-order chi connectivity index (χ1) is 8.51. The van der Waals surface area contributed by atoms with Gasteiger partial charge in [-0.15, -0.1) is 0 Å². The summed E-state index contributed by atoms with van der Waals surface area (Å²) in [6.07, 6.45) is 6.98. The highest BCUT2D eigenvalue weighted by Gasteiger charge is 2.40. The molecule has 2 N–H and O–H groups in total. The third kappa shape index (κ3) is 2.72. The number of likely N-dealkylation sites (tertiary alicyclic amines) is 1. The minimum atomic E-state index is -1.65. The van der Waals surface area contributed by atoms with Crippen LogP contribution in [-0.2, 0) is 9.59 Å². The van der Waals surface area contributed by atoms with Gasteiger partial charge < -0.3 is 15.1 Å². The molecule has 1 atom stereocenters. The van der Waals surface area contributed by atoms with Crippen LogP contribution in [-0.4, -0.2) is 45.7 Å². The number of rotatable bonds is 3. The highest BCUT2D eigenvalue weighted by atomic mass is 16.4. The lowest BCUT2D eigenvalue weighted by Crippen LogP contribution is -2.51. The number of nitrogens with zero attached hydrogens (tertiary/aromatic N) is 1. The zero-order valence-corrected chi connectivity index (χ0v) is 10.3. The largest absolute Gasteiger partial charge is 0.479 e. The summed E-state index contributed by atoms with van der Waals surface area (Å²) in [6.45, 7) is 0.663. The smallest absolute Gasteiger partial charge is 0.335 e. The zero-order valence-electron chi connectivity index (χ0n) is 10.3. The molecule has 2 rings (SSSR count). The van der Waals surface area contributed by atoms with E-state index in [1.807, 2.05) is 0 Å². The fraction of sp³-hybridized carbons (Fsp3) is 0.692. The lowest BCUT2D eigenvalue weighted by atomic mass is 9.91. The van der Waals surface area contributed by atoms with Gasteiger partial charge in [-0.2, -0.15) is 0 Å². The molecular weight excluding hydrogens is 234 g/mol. The number of aliphatic hydroxyl groups is 1. The second kappa shape index (κ2) is 5.10. The monoisotopic (exact) mass is 253 g/mol. The Morgan fingerprint density at radius 3 is 2.50 bits per heavy atom. The van der Waals surface area contributed by atoms with E-state index in [2.05, 4.69) is 12.2 Å². The molecule has 1 fully saturated rings. The highest BCUT2D eigenvalue weighted by Crippen LogP contribution is 2.25. The van der Waals surface area contributed by atoms with Crippen LogP contribution in [0.5, 0.6) is 0 Å². The van der Waals surface area contributed by atoms with E-state index in [-0.39, 0.29) is 18.7 Å². The van der Waals surface area contributed by atoms with Gasteiger partial charge in [0, 0.05) is 32.4 Å². The number of carbonyl (C=O) groups excluding carboxylic acids is 1. The van der Waals surface area contributed by atoms with Gasteiger partial charge in [-0.1, -0.05) is 12.2 Å². The number of hydrogen-bond donors (Lipinski definition) is 2. The van der Waals surface area contributed by atoms with E-state index in [9.17, 15) is 14.7 Å². The van der Waals surface area contributed by atoms with Gasteiger partial charge in [-0.05, 0) is 18.8 Å². The van der Waals surface area contributed by atoms with Crippen molar-refractivity contribution in [2.45, 2.75) is 37.7 Å². The van der Waals surface area contributed by atoms with Crippen LogP contribution in [0.1, 0.15) is 32.1 Å². The van der Waals surface area contributed by atoms with E-state index in [0.717, 1.165) is 12.8 Å². The third-order valence-electron chi connectivity index (χ3n) is 3.89. The molecule has 0 spiro atoms. The van der Waals surface area contributed by atoms with Gasteiger partial charge in [0.2, 0.25) is 5.91 Å². The standard InChI is InChI=1S/C13H19NO4/c15-11(9-10-3-1-2-4-10)14-7-5-13(18,6-8-14)12(16)17/h1,3,10,18H,2,4-9H2,(H,16,17). The van der Waals surface area contributed by atoms with Crippen molar-refractivity contribution in [3.05, 3.63) is 12.2 Å². The topological polar surface area (TPSA) is 77.8 Å². The summed E-state index contributed by atoms with van der Waals surface area (Å²) in [4.78, 5) is 24.5. The predicted octanol–water partition coefficient (Wildman–Crippen LogP) is 0.781. The van der Waals surface area contributed by atoms with Crippen molar-refractivity contribution in [3.63, 3.8) is 0 Å².